The van der Waals surface area contributed by atoms with Gasteiger partial charge < -0.3 is 9.47 Å². The molecule has 1 fully saturated rings. The monoisotopic (exact) mass is 1680 g/mol. The molecule has 0 saturated carbocycles. The summed E-state index contributed by atoms with van der Waals surface area (Å²) >= 11 is 0. The zero-order valence-electron chi connectivity index (χ0n) is 90.4. The number of hydrogen-bond donors (Lipinski definition) is 0. The van der Waals surface area contributed by atoms with Gasteiger partial charge in [0.1, 0.15) is 5.75 Å². The number of hydrogen-bond acceptors (Lipinski definition) is 2. The summed E-state index contributed by atoms with van der Waals surface area (Å²) in [6.45, 7) is 113. The predicted octanol–water partition coefficient (Wildman–Crippen LogP) is 39.9. The molecule has 702 valence electrons. The van der Waals surface area contributed by atoms with Crippen molar-refractivity contribution in [1.82, 2.24) is 0 Å². The Hall–Kier alpha value is -4.40. The highest BCUT2D eigenvalue weighted by molar-refractivity contribution is 5.42. The van der Waals surface area contributed by atoms with E-state index in [4.69, 9.17) is 9.47 Å². The first-order chi connectivity index (χ1) is 54.9. The Morgan fingerprint density at radius 2 is 1.02 bits per heavy atom. The van der Waals surface area contributed by atoms with Crippen LogP contribution in [0, 0.1) is 83.2 Å². The highest BCUT2D eigenvalue weighted by Crippen LogP contribution is 2.49. The van der Waals surface area contributed by atoms with Gasteiger partial charge in [-0.2, -0.15) is 0 Å². The summed E-state index contributed by atoms with van der Waals surface area (Å²) < 4.78 is 11.3. The number of benzene rings is 2. The summed E-state index contributed by atoms with van der Waals surface area (Å²) in [5.74, 6) is 4.26. The molecule has 1 saturated heterocycles. The van der Waals surface area contributed by atoms with Crippen LogP contribution in [0.15, 0.2) is 168 Å². The lowest BCUT2D eigenvalue weighted by atomic mass is 9.62. The van der Waals surface area contributed by atoms with Crippen molar-refractivity contribution < 1.29 is 9.47 Å². The van der Waals surface area contributed by atoms with Crippen LogP contribution in [0.4, 0.5) is 0 Å². The van der Waals surface area contributed by atoms with E-state index in [1.165, 1.54) is 191 Å². The van der Waals surface area contributed by atoms with Crippen molar-refractivity contribution in [1.29, 1.82) is 0 Å². The van der Waals surface area contributed by atoms with E-state index < -0.39 is 0 Å². The van der Waals surface area contributed by atoms with Gasteiger partial charge in [0.25, 0.3) is 0 Å². The number of ether oxygens (including phenoxy) is 2. The van der Waals surface area contributed by atoms with Gasteiger partial charge in [0.15, 0.2) is 0 Å². The van der Waals surface area contributed by atoms with Crippen LogP contribution in [0.2, 0.25) is 0 Å². The quantitative estimate of drug-likeness (QED) is 0.0701. The molecule has 2 aromatic carbocycles. The molecule has 2 aliphatic rings. The topological polar surface area (TPSA) is 18.5 Å². The van der Waals surface area contributed by atoms with Crippen molar-refractivity contribution in [3.8, 4) is 5.75 Å². The second kappa shape index (κ2) is 58.9. The third kappa shape index (κ3) is 61.6. The van der Waals surface area contributed by atoms with Crippen LogP contribution in [0.5, 0.6) is 5.75 Å². The van der Waals surface area contributed by atoms with Crippen LogP contribution in [0.1, 0.15) is 463 Å². The molecule has 1 aliphatic heterocycles. The van der Waals surface area contributed by atoms with Crippen LogP contribution in [0.25, 0.3) is 0 Å². The van der Waals surface area contributed by atoms with Gasteiger partial charge in [0.2, 0.25) is 0 Å². The molecule has 0 radical (unpaired) electrons. The lowest BCUT2D eigenvalue weighted by Crippen LogP contribution is -2.42. The van der Waals surface area contributed by atoms with E-state index in [2.05, 4.69) is 428 Å². The fraction of sp³-hybridized carbons (Fsp3) is 0.731. The summed E-state index contributed by atoms with van der Waals surface area (Å²) in [6.07, 6.45) is 52.8. The maximum atomic E-state index is 5.88. The van der Waals surface area contributed by atoms with Crippen LogP contribution >= 0.6 is 0 Å². The molecule has 1 heterocycles. The number of methoxy groups -OCH3 is 1. The molecule has 6 unspecified atom stereocenters. The maximum absolute atomic E-state index is 5.88. The first-order valence-electron chi connectivity index (χ1n) is 48.7. The third-order valence-electron chi connectivity index (χ3n) is 27.1. The Kier molecular flexibility index (Phi) is 59.8. The van der Waals surface area contributed by atoms with Crippen molar-refractivity contribution in [2.24, 2.45) is 83.2 Å². The lowest BCUT2D eigenvalue weighted by Gasteiger charge is -2.47. The van der Waals surface area contributed by atoms with Crippen molar-refractivity contribution in [3.63, 3.8) is 0 Å². The average molecular weight is 1680 g/mol. The lowest BCUT2D eigenvalue weighted by molar-refractivity contribution is -0.0892. The molecular formula is C119H214O2. The smallest absolute Gasteiger partial charge is 0.122 e. The highest BCUT2D eigenvalue weighted by atomic mass is 16.5. The van der Waals surface area contributed by atoms with Crippen LogP contribution in [-0.2, 0) is 23.0 Å². The van der Waals surface area contributed by atoms with E-state index in [9.17, 15) is 0 Å². The van der Waals surface area contributed by atoms with E-state index in [1.54, 1.807) is 12.7 Å². The number of allylic oxidation sites excluding steroid dienone is 17. The van der Waals surface area contributed by atoms with Gasteiger partial charge in [0.05, 0.1) is 13.2 Å². The predicted molar refractivity (Wildman–Crippen MR) is 557 cm³/mol. The average Bonchev–Trinajstić information content (AvgIpc) is 0.801. The zero-order valence-corrected chi connectivity index (χ0v) is 90.4. The fourth-order valence-electron chi connectivity index (χ4n) is 13.8. The van der Waals surface area contributed by atoms with Gasteiger partial charge in [-0.15, -0.1) is 19.7 Å². The summed E-state index contributed by atoms with van der Waals surface area (Å²) in [4.78, 5) is 0. The van der Waals surface area contributed by atoms with Gasteiger partial charge in [-0.1, -0.05) is 391 Å². The van der Waals surface area contributed by atoms with Crippen molar-refractivity contribution in [3.05, 3.63) is 185 Å². The summed E-state index contributed by atoms with van der Waals surface area (Å²) in [7, 11) is 1.72. The largest absolute Gasteiger partial charge is 0.496 e. The second-order valence-electron chi connectivity index (χ2n) is 49.0. The molecule has 0 spiro atoms. The van der Waals surface area contributed by atoms with Crippen molar-refractivity contribution in [2.75, 3.05) is 13.7 Å². The number of rotatable bonds is 31. The van der Waals surface area contributed by atoms with Gasteiger partial charge >= 0.3 is 0 Å². The summed E-state index contributed by atoms with van der Waals surface area (Å²) in [5, 5.41) is 0. The minimum Gasteiger partial charge on any atom is -0.496 e. The van der Waals surface area contributed by atoms with Gasteiger partial charge in [-0.05, 0) is 321 Å². The molecule has 2 nitrogen and oxygen atoms in total. The molecule has 1 aliphatic carbocycles. The van der Waals surface area contributed by atoms with Gasteiger partial charge in [-0.3, -0.25) is 0 Å². The normalized spacial score (nSPS) is 17.7. The van der Waals surface area contributed by atoms with E-state index in [-0.39, 0.29) is 10.8 Å². The Morgan fingerprint density at radius 3 is 1.40 bits per heavy atom. The fourth-order valence-corrected chi connectivity index (χ4v) is 13.8. The standard InChI is InChI=1S/C19H34.2C15H28.C14H28O.C14H20O.C14H22.C14H26.C14H28/c1-16(2)10-8-11-17(3)12-9-13-18(4)14-15-19(5,6)7;1-12-6-8-14(9-7-12)13(2)10-11-15(3,4)5;1-8-13(3)11-10-12-15(7,9-2)14(4,5)6;1-11(2)9-12-10-14(6,7-8-15-12)13(3,4)5;1-6-7-11-8-9-12(14(2,3)4)13(10-11)15-5;1-13(2,3)14(4,5)11-12-9-7-6-8-10-12;1-12(2)8-7-9-13(3)10-11-14(4,5)6;1-8-12(2)10-9-11-14(6,7)13(3,4)5/h10,12,14H,8-9,11,13,15H2,1-7H3;6,13-14H,7-11H2,1-5H3;9,11H,2,8,10,12H2,1,3-7H3;11-12H,7-10H2,1-6H3;6,8-10H,1,7H2,2-5H3;6-10H,11H2,1-5H3;8,10H,7,9,11H2,1-6H3;8,12H,1,9-11H2,2-7H3/b17-12+,18-14+;;13-11+;;;;13-10+;. The molecule has 0 bridgehead atoms. The molecule has 121 heavy (non-hydrogen) atoms. The highest BCUT2D eigenvalue weighted by Gasteiger charge is 2.42. The molecular weight excluding hydrogens is 1460 g/mol. The molecule has 0 aromatic heterocycles. The van der Waals surface area contributed by atoms with E-state index in [1.807, 2.05) is 6.08 Å². The summed E-state index contributed by atoms with van der Waals surface area (Å²) in [5.41, 5.74) is 18.8. The van der Waals surface area contributed by atoms with Gasteiger partial charge in [0, 0.05) is 6.61 Å². The minimum absolute atomic E-state index is 0.123. The summed E-state index contributed by atoms with van der Waals surface area (Å²) in [6, 6.07) is 17.1. The first kappa shape index (κ1) is 123. The minimum atomic E-state index is 0.123. The molecule has 0 N–H and O–H groups in total. The van der Waals surface area contributed by atoms with Crippen molar-refractivity contribution >= 4 is 0 Å². The SMILES string of the molecule is C=CC(C)(CC/C=C(\C)CC)C(C)(C)C.C=CC(C)CCCC(C)(C)C(C)(C)C.C=CCc1ccc(C(C)(C)C)c(OC)c1.CC(C)(C)C(C)(C)Cc1ccccc1.CC(C)=CCC/C(C)=C/CC(C)(C)C.CC(C)=CCC/C(C)=C/CC/C(C)=C/CC(C)(C)C.CC(C)CC1CC(C)(C(C)(C)C)CCO1.CC1=CCC(C(C)CCC(C)(C)C)CC1. The van der Waals surface area contributed by atoms with E-state index in [0.29, 0.717) is 66.2 Å². The Balaban J connectivity index is -0.000000648. The Bertz CT molecular complexity index is 3300. The molecule has 4 rings (SSSR count). The van der Waals surface area contributed by atoms with Gasteiger partial charge in [-0.25, -0.2) is 0 Å². The van der Waals surface area contributed by atoms with E-state index >= 15 is 0 Å². The van der Waals surface area contributed by atoms with Crippen molar-refractivity contribution in [2.45, 2.75) is 470 Å². The first-order valence-corrected chi connectivity index (χ1v) is 48.7. The third-order valence-corrected chi connectivity index (χ3v) is 27.1. The van der Waals surface area contributed by atoms with Crippen LogP contribution in [-0.4, -0.2) is 19.8 Å². The molecule has 0 amide bonds. The van der Waals surface area contributed by atoms with Crippen LogP contribution < -0.4 is 4.74 Å². The Labute approximate surface area is 762 Å². The molecule has 6 atom stereocenters. The second-order valence-corrected chi connectivity index (χ2v) is 49.0. The maximum Gasteiger partial charge on any atom is 0.122 e. The van der Waals surface area contributed by atoms with E-state index in [0.717, 1.165) is 43.0 Å². The van der Waals surface area contributed by atoms with Crippen LogP contribution in [0.3, 0.4) is 0 Å². The Morgan fingerprint density at radius 1 is 0.545 bits per heavy atom. The molecule has 2 aromatic rings. The zero-order chi connectivity index (χ0) is 95.1. The molecule has 2 heteroatoms.